The van der Waals surface area contributed by atoms with E-state index in [0.29, 0.717) is 4.90 Å². The van der Waals surface area contributed by atoms with Crippen LogP contribution in [0.2, 0.25) is 0 Å². The Bertz CT molecular complexity index is 1080. The summed E-state index contributed by atoms with van der Waals surface area (Å²) in [4.78, 5) is 4.38. The molecule has 0 spiro atoms. The fourth-order valence-corrected chi connectivity index (χ4v) is 5.72. The fourth-order valence-electron chi connectivity index (χ4n) is 3.71. The molecule has 0 unspecified atom stereocenters. The van der Waals surface area contributed by atoms with Gasteiger partial charge in [-0.05, 0) is 72.5 Å². The summed E-state index contributed by atoms with van der Waals surface area (Å²) >= 11 is 0. The van der Waals surface area contributed by atoms with Gasteiger partial charge >= 0.3 is 0 Å². The van der Waals surface area contributed by atoms with Crippen LogP contribution in [0.5, 0.6) is 0 Å². The third-order valence-electron chi connectivity index (χ3n) is 5.49. The zero-order valence-corrected chi connectivity index (χ0v) is 19.4. The summed E-state index contributed by atoms with van der Waals surface area (Å²) < 4.78 is 27.7. The molecule has 0 aliphatic heterocycles. The summed E-state index contributed by atoms with van der Waals surface area (Å²) in [7, 11) is 4.29. The van der Waals surface area contributed by atoms with E-state index in [2.05, 4.69) is 0 Å². The highest BCUT2D eigenvalue weighted by atomic mass is 32.2. The lowest BCUT2D eigenvalue weighted by Crippen LogP contribution is -2.18. The highest BCUT2D eigenvalue weighted by molar-refractivity contribution is 7.92. The van der Waals surface area contributed by atoms with Crippen molar-refractivity contribution in [3.8, 4) is 0 Å². The van der Waals surface area contributed by atoms with E-state index in [-0.39, 0.29) is 0 Å². The van der Waals surface area contributed by atoms with E-state index < -0.39 is 15.1 Å². The molecule has 0 heterocycles. The zero-order chi connectivity index (χ0) is 22.1. The van der Waals surface area contributed by atoms with Crippen LogP contribution in [-0.2, 0) is 9.84 Å². The van der Waals surface area contributed by atoms with Crippen molar-refractivity contribution < 1.29 is 8.42 Å². The monoisotopic (exact) mass is 422 g/mol. The van der Waals surface area contributed by atoms with Crippen LogP contribution in [0.1, 0.15) is 27.5 Å². The SMILES string of the molecule is Cc1cc(N(C)C)ccc1C(c1ccc(N(C)C)cc1C)S(=O)(=O)c1ccccc1. The average molecular weight is 423 g/mol. The van der Waals surface area contributed by atoms with Crippen LogP contribution < -0.4 is 9.80 Å². The molecule has 3 aromatic carbocycles. The van der Waals surface area contributed by atoms with Crippen LogP contribution in [-0.4, -0.2) is 36.6 Å². The molecule has 0 aliphatic carbocycles. The van der Waals surface area contributed by atoms with Crippen LogP contribution >= 0.6 is 0 Å². The van der Waals surface area contributed by atoms with Gasteiger partial charge in [0, 0.05) is 39.6 Å². The van der Waals surface area contributed by atoms with E-state index in [4.69, 9.17) is 0 Å². The van der Waals surface area contributed by atoms with Crippen molar-refractivity contribution in [3.05, 3.63) is 89.0 Å². The lowest BCUT2D eigenvalue weighted by molar-refractivity contribution is 0.588. The number of hydrogen-bond acceptors (Lipinski definition) is 4. The molecule has 0 fully saturated rings. The van der Waals surface area contributed by atoms with Crippen molar-refractivity contribution in [2.45, 2.75) is 24.0 Å². The average Bonchev–Trinajstić information content (AvgIpc) is 2.70. The van der Waals surface area contributed by atoms with E-state index in [1.807, 2.05) is 94.3 Å². The molecule has 0 aliphatic rings. The summed E-state index contributed by atoms with van der Waals surface area (Å²) in [5.41, 5.74) is 5.64. The lowest BCUT2D eigenvalue weighted by Gasteiger charge is -2.25. The second kappa shape index (κ2) is 8.52. The number of nitrogens with zero attached hydrogens (tertiary/aromatic N) is 2. The highest BCUT2D eigenvalue weighted by Gasteiger charge is 2.33. The van der Waals surface area contributed by atoms with Crippen molar-refractivity contribution in [2.75, 3.05) is 38.0 Å². The van der Waals surface area contributed by atoms with Gasteiger partial charge in [-0.15, -0.1) is 0 Å². The predicted octanol–water partition coefficient (Wildman–Crippen LogP) is 5.00. The Labute approximate surface area is 180 Å². The Morgan fingerprint density at radius 3 is 1.47 bits per heavy atom. The van der Waals surface area contributed by atoms with Gasteiger partial charge in [-0.2, -0.15) is 0 Å². The van der Waals surface area contributed by atoms with Crippen molar-refractivity contribution in [2.24, 2.45) is 0 Å². The molecule has 0 radical (unpaired) electrons. The van der Waals surface area contributed by atoms with Gasteiger partial charge in [-0.3, -0.25) is 0 Å². The molecule has 0 amide bonds. The van der Waals surface area contributed by atoms with Crippen molar-refractivity contribution >= 4 is 21.2 Å². The number of hydrogen-bond donors (Lipinski definition) is 0. The Hall–Kier alpha value is -2.79. The number of rotatable bonds is 6. The molecule has 30 heavy (non-hydrogen) atoms. The smallest absolute Gasteiger partial charge is 0.189 e. The second-order valence-electron chi connectivity index (χ2n) is 8.11. The van der Waals surface area contributed by atoms with Gasteiger partial charge in [0.15, 0.2) is 9.84 Å². The normalized spacial score (nSPS) is 11.6. The fraction of sp³-hybridized carbons (Fsp3) is 0.280. The van der Waals surface area contributed by atoms with Gasteiger partial charge in [0.2, 0.25) is 0 Å². The van der Waals surface area contributed by atoms with Gasteiger partial charge in [0.05, 0.1) is 4.90 Å². The first-order chi connectivity index (χ1) is 14.1. The summed E-state index contributed by atoms with van der Waals surface area (Å²) in [5.74, 6) is 0. The Morgan fingerprint density at radius 1 is 0.667 bits per heavy atom. The van der Waals surface area contributed by atoms with E-state index in [0.717, 1.165) is 33.6 Å². The molecular formula is C25H30N2O2S. The van der Waals surface area contributed by atoms with Gasteiger partial charge in [-0.25, -0.2) is 8.42 Å². The Morgan fingerprint density at radius 2 is 1.10 bits per heavy atom. The summed E-state index contributed by atoms with van der Waals surface area (Å²) in [6.45, 7) is 3.97. The largest absolute Gasteiger partial charge is 0.378 e. The van der Waals surface area contributed by atoms with Crippen molar-refractivity contribution in [3.63, 3.8) is 0 Å². The second-order valence-corrected chi connectivity index (χ2v) is 10.1. The minimum atomic E-state index is -3.65. The van der Waals surface area contributed by atoms with Crippen LogP contribution in [0.25, 0.3) is 0 Å². The maximum Gasteiger partial charge on any atom is 0.189 e. The van der Waals surface area contributed by atoms with E-state index in [1.165, 1.54) is 0 Å². The number of aryl methyl sites for hydroxylation is 2. The Balaban J connectivity index is 2.26. The molecule has 4 nitrogen and oxygen atoms in total. The third kappa shape index (κ3) is 4.21. The molecular weight excluding hydrogens is 392 g/mol. The van der Waals surface area contributed by atoms with Gasteiger partial charge in [0.25, 0.3) is 0 Å². The first-order valence-corrected chi connectivity index (χ1v) is 11.5. The zero-order valence-electron chi connectivity index (χ0n) is 18.5. The topological polar surface area (TPSA) is 40.6 Å². The molecule has 0 atom stereocenters. The molecule has 0 bridgehead atoms. The molecule has 158 valence electrons. The number of sulfone groups is 1. The van der Waals surface area contributed by atoms with Crippen LogP contribution in [0.4, 0.5) is 11.4 Å². The minimum Gasteiger partial charge on any atom is -0.378 e. The molecule has 0 saturated carbocycles. The van der Waals surface area contributed by atoms with E-state index in [1.54, 1.807) is 24.3 Å². The standard InChI is InChI=1S/C25H30N2O2S/c1-18-16-20(26(3)4)12-14-23(18)25(30(28,29)22-10-8-7-9-11-22)24-15-13-21(27(5)6)17-19(24)2/h7-17,25H,1-6H3. The van der Waals surface area contributed by atoms with Gasteiger partial charge in [-0.1, -0.05) is 30.3 Å². The molecule has 0 N–H and O–H groups in total. The summed E-state index contributed by atoms with van der Waals surface area (Å²) in [5, 5.41) is -0.771. The lowest BCUT2D eigenvalue weighted by atomic mass is 9.96. The van der Waals surface area contributed by atoms with Gasteiger partial charge in [0.1, 0.15) is 5.25 Å². The molecule has 3 rings (SSSR count). The van der Waals surface area contributed by atoms with Crippen LogP contribution in [0.15, 0.2) is 71.6 Å². The minimum absolute atomic E-state index is 0.335. The van der Waals surface area contributed by atoms with Crippen molar-refractivity contribution in [1.29, 1.82) is 0 Å². The maximum absolute atomic E-state index is 13.9. The predicted molar refractivity (Wildman–Crippen MR) is 126 cm³/mol. The van der Waals surface area contributed by atoms with E-state index >= 15 is 0 Å². The molecule has 3 aromatic rings. The van der Waals surface area contributed by atoms with Gasteiger partial charge < -0.3 is 9.80 Å². The van der Waals surface area contributed by atoms with E-state index in [9.17, 15) is 8.42 Å². The van der Waals surface area contributed by atoms with Crippen LogP contribution in [0, 0.1) is 13.8 Å². The maximum atomic E-state index is 13.9. The first-order valence-electron chi connectivity index (χ1n) is 9.97. The molecule has 0 aromatic heterocycles. The highest BCUT2D eigenvalue weighted by Crippen LogP contribution is 2.39. The third-order valence-corrected chi connectivity index (χ3v) is 7.54. The number of benzene rings is 3. The molecule has 5 heteroatoms. The first kappa shape index (κ1) is 21.9. The summed E-state index contributed by atoms with van der Waals surface area (Å²) in [6, 6.07) is 20.7. The van der Waals surface area contributed by atoms with Crippen molar-refractivity contribution in [1.82, 2.24) is 0 Å². The quantitative estimate of drug-likeness (QED) is 0.561. The Kier molecular flexibility index (Phi) is 6.22. The summed E-state index contributed by atoms with van der Waals surface area (Å²) in [6.07, 6.45) is 0. The molecule has 0 saturated heterocycles. The van der Waals surface area contributed by atoms with Crippen LogP contribution in [0.3, 0.4) is 0 Å². The number of anilines is 2.